The summed E-state index contributed by atoms with van der Waals surface area (Å²) in [4.78, 5) is 11.9. The molecule has 1 heterocycles. The van der Waals surface area contributed by atoms with Gasteiger partial charge in [0.25, 0.3) is 0 Å². The number of nitrogens with one attached hydrogen (secondary N) is 1. The molecule has 1 amide bonds. The maximum atomic E-state index is 11.9. The lowest BCUT2D eigenvalue weighted by atomic mass is 10.1. The number of amides is 1. The second-order valence-electron chi connectivity index (χ2n) is 4.74. The summed E-state index contributed by atoms with van der Waals surface area (Å²) in [6, 6.07) is 7.95. The largest absolute Gasteiger partial charge is 0.378 e. The highest BCUT2D eigenvalue weighted by Gasteiger charge is 2.27. The number of hydrogen-bond donors (Lipinski definition) is 1. The molecule has 0 spiro atoms. The second-order valence-corrected chi connectivity index (χ2v) is 5.01. The predicted octanol–water partition coefficient (Wildman–Crippen LogP) is 2.47. The molecule has 1 aliphatic heterocycles. The maximum Gasteiger partial charge on any atom is 0.225 e. The van der Waals surface area contributed by atoms with Gasteiger partial charge in [0, 0.05) is 12.4 Å². The minimum atomic E-state index is 0.00196. The van der Waals surface area contributed by atoms with Gasteiger partial charge in [-0.3, -0.25) is 4.79 Å². The normalized spacial score (nSPS) is 23.0. The summed E-state index contributed by atoms with van der Waals surface area (Å²) in [5.41, 5.74) is 2.17. The van der Waals surface area contributed by atoms with Crippen molar-refractivity contribution in [2.24, 2.45) is 5.92 Å². The molecule has 2 rings (SSSR count). The van der Waals surface area contributed by atoms with Crippen molar-refractivity contribution < 1.29 is 9.53 Å². The molecule has 0 saturated carbocycles. The van der Waals surface area contributed by atoms with Crippen molar-refractivity contribution in [3.8, 4) is 0 Å². The van der Waals surface area contributed by atoms with E-state index < -0.39 is 0 Å². The van der Waals surface area contributed by atoms with Crippen molar-refractivity contribution in [3.05, 3.63) is 35.4 Å². The van der Waals surface area contributed by atoms with Gasteiger partial charge in [0.2, 0.25) is 5.91 Å². The van der Waals surface area contributed by atoms with Crippen LogP contribution in [-0.4, -0.2) is 18.6 Å². The Morgan fingerprint density at radius 2 is 2.06 bits per heavy atom. The zero-order chi connectivity index (χ0) is 13.0. The number of alkyl halides is 1. The first-order valence-corrected chi connectivity index (χ1v) is 6.75. The smallest absolute Gasteiger partial charge is 0.225 e. The average Bonchev–Trinajstić information content (AvgIpc) is 2.83. The van der Waals surface area contributed by atoms with Gasteiger partial charge in [-0.2, -0.15) is 0 Å². The highest BCUT2D eigenvalue weighted by molar-refractivity contribution is 6.17. The van der Waals surface area contributed by atoms with Crippen molar-refractivity contribution in [3.63, 3.8) is 0 Å². The van der Waals surface area contributed by atoms with Crippen LogP contribution in [-0.2, 0) is 22.0 Å². The molecule has 2 unspecified atom stereocenters. The molecule has 3 nitrogen and oxygen atoms in total. The molecular weight excluding hydrogens is 250 g/mol. The van der Waals surface area contributed by atoms with Gasteiger partial charge >= 0.3 is 0 Å². The quantitative estimate of drug-likeness (QED) is 0.851. The van der Waals surface area contributed by atoms with Crippen molar-refractivity contribution in [1.29, 1.82) is 0 Å². The number of carbonyl (C=O) groups excluding carboxylic acids is 1. The average molecular weight is 268 g/mol. The molecule has 0 aliphatic carbocycles. The van der Waals surface area contributed by atoms with Gasteiger partial charge in [-0.15, -0.1) is 11.6 Å². The number of hydrogen-bond acceptors (Lipinski definition) is 2. The van der Waals surface area contributed by atoms with Crippen LogP contribution in [0, 0.1) is 5.92 Å². The van der Waals surface area contributed by atoms with Crippen LogP contribution in [0.15, 0.2) is 24.3 Å². The second kappa shape index (κ2) is 6.21. The first-order chi connectivity index (χ1) is 8.69. The lowest BCUT2D eigenvalue weighted by Crippen LogP contribution is -2.30. The summed E-state index contributed by atoms with van der Waals surface area (Å²) < 4.78 is 5.39. The first-order valence-electron chi connectivity index (χ1n) is 6.22. The first kappa shape index (κ1) is 13.4. The van der Waals surface area contributed by atoms with E-state index >= 15 is 0 Å². The molecule has 2 atom stereocenters. The fraction of sp³-hybridized carbons (Fsp3) is 0.500. The van der Waals surface area contributed by atoms with Gasteiger partial charge in [0.15, 0.2) is 0 Å². The van der Waals surface area contributed by atoms with E-state index in [-0.39, 0.29) is 17.9 Å². The third-order valence-electron chi connectivity index (χ3n) is 3.21. The van der Waals surface area contributed by atoms with E-state index in [1.54, 1.807) is 0 Å². The predicted molar refractivity (Wildman–Crippen MR) is 71.4 cm³/mol. The van der Waals surface area contributed by atoms with Crippen LogP contribution in [0.1, 0.15) is 24.5 Å². The van der Waals surface area contributed by atoms with Gasteiger partial charge in [-0.1, -0.05) is 24.3 Å². The van der Waals surface area contributed by atoms with Crippen LogP contribution in [0.3, 0.4) is 0 Å². The number of rotatable bonds is 4. The highest BCUT2D eigenvalue weighted by Crippen LogP contribution is 2.19. The van der Waals surface area contributed by atoms with Crippen molar-refractivity contribution in [1.82, 2.24) is 5.32 Å². The standard InChI is InChI=1S/C14H18ClNO2/c1-10-6-13(9-18-10)14(17)16-8-12-4-2-11(7-15)3-5-12/h2-5,10,13H,6-9H2,1H3,(H,16,17). The van der Waals surface area contributed by atoms with Gasteiger partial charge in [-0.05, 0) is 24.5 Å². The summed E-state index contributed by atoms with van der Waals surface area (Å²) >= 11 is 5.72. The highest BCUT2D eigenvalue weighted by atomic mass is 35.5. The molecule has 0 bridgehead atoms. The Morgan fingerprint density at radius 1 is 1.39 bits per heavy atom. The molecule has 98 valence electrons. The zero-order valence-electron chi connectivity index (χ0n) is 10.5. The zero-order valence-corrected chi connectivity index (χ0v) is 11.2. The fourth-order valence-corrected chi connectivity index (χ4v) is 2.26. The molecule has 0 aromatic heterocycles. The lowest BCUT2D eigenvalue weighted by Gasteiger charge is -2.09. The van der Waals surface area contributed by atoms with E-state index in [1.165, 1.54) is 0 Å². The number of halogens is 1. The van der Waals surface area contributed by atoms with Crippen LogP contribution in [0.5, 0.6) is 0 Å². The summed E-state index contributed by atoms with van der Waals surface area (Å²) in [5, 5.41) is 2.95. The molecule has 1 fully saturated rings. The Morgan fingerprint density at radius 3 is 2.61 bits per heavy atom. The summed E-state index contributed by atoms with van der Waals surface area (Å²) in [6.07, 6.45) is 1.01. The van der Waals surface area contributed by atoms with Crippen LogP contribution in [0.25, 0.3) is 0 Å². The van der Waals surface area contributed by atoms with E-state index in [1.807, 2.05) is 31.2 Å². The van der Waals surface area contributed by atoms with Crippen LogP contribution < -0.4 is 5.32 Å². The van der Waals surface area contributed by atoms with Crippen LogP contribution >= 0.6 is 11.6 Å². The fourth-order valence-electron chi connectivity index (χ4n) is 2.08. The van der Waals surface area contributed by atoms with E-state index in [0.717, 1.165) is 17.5 Å². The van der Waals surface area contributed by atoms with Crippen molar-refractivity contribution >= 4 is 17.5 Å². The van der Waals surface area contributed by atoms with Crippen LogP contribution in [0.2, 0.25) is 0 Å². The third kappa shape index (κ3) is 3.47. The molecule has 1 saturated heterocycles. The van der Waals surface area contributed by atoms with Crippen molar-refractivity contribution in [2.75, 3.05) is 6.61 Å². The minimum absolute atomic E-state index is 0.00196. The number of benzene rings is 1. The molecule has 4 heteroatoms. The minimum Gasteiger partial charge on any atom is -0.378 e. The molecule has 1 aromatic rings. The summed E-state index contributed by atoms with van der Waals surface area (Å²) in [7, 11) is 0. The van der Waals surface area contributed by atoms with E-state index in [2.05, 4.69) is 5.32 Å². The Balaban J connectivity index is 1.81. The molecule has 1 aromatic carbocycles. The topological polar surface area (TPSA) is 38.3 Å². The number of carbonyl (C=O) groups is 1. The molecule has 0 radical (unpaired) electrons. The molecule has 1 N–H and O–H groups in total. The molecule has 1 aliphatic rings. The lowest BCUT2D eigenvalue weighted by molar-refractivity contribution is -0.125. The molecule has 18 heavy (non-hydrogen) atoms. The summed E-state index contributed by atoms with van der Waals surface area (Å²) in [6.45, 7) is 3.10. The Kier molecular flexibility index (Phi) is 4.61. The van der Waals surface area contributed by atoms with E-state index in [0.29, 0.717) is 19.0 Å². The van der Waals surface area contributed by atoms with Crippen molar-refractivity contribution in [2.45, 2.75) is 31.9 Å². The Bertz CT molecular complexity index is 405. The number of ether oxygens (including phenoxy) is 1. The SMILES string of the molecule is CC1CC(C(=O)NCc2ccc(CCl)cc2)CO1. The third-order valence-corrected chi connectivity index (χ3v) is 3.52. The summed E-state index contributed by atoms with van der Waals surface area (Å²) in [5.74, 6) is 0.604. The van der Waals surface area contributed by atoms with Gasteiger partial charge in [0.05, 0.1) is 18.6 Å². The van der Waals surface area contributed by atoms with Gasteiger partial charge < -0.3 is 10.1 Å². The van der Waals surface area contributed by atoms with Gasteiger partial charge in [0.1, 0.15) is 0 Å². The monoisotopic (exact) mass is 267 g/mol. The Labute approximate surface area is 112 Å². The molecular formula is C14H18ClNO2. The van der Waals surface area contributed by atoms with E-state index in [9.17, 15) is 4.79 Å². The maximum absolute atomic E-state index is 11.9. The van der Waals surface area contributed by atoms with E-state index in [4.69, 9.17) is 16.3 Å². The van der Waals surface area contributed by atoms with Crippen LogP contribution in [0.4, 0.5) is 0 Å². The Hall–Kier alpha value is -1.06. The van der Waals surface area contributed by atoms with Gasteiger partial charge in [-0.25, -0.2) is 0 Å².